The minimum absolute atomic E-state index is 0.0763. The smallest absolute Gasteiger partial charge is 0.410 e. The minimum atomic E-state index is -0.491. The van der Waals surface area contributed by atoms with E-state index in [4.69, 9.17) is 4.74 Å². The number of hydrogen-bond donors (Lipinski definition) is 2. The topological polar surface area (TPSA) is 67.4 Å². The van der Waals surface area contributed by atoms with Gasteiger partial charge in [-0.05, 0) is 18.6 Å². The van der Waals surface area contributed by atoms with Crippen molar-refractivity contribution >= 4 is 17.7 Å². The number of amides is 2. The van der Waals surface area contributed by atoms with E-state index >= 15 is 0 Å². The van der Waals surface area contributed by atoms with Crippen molar-refractivity contribution < 1.29 is 14.3 Å². The molecule has 19 heavy (non-hydrogen) atoms. The van der Waals surface area contributed by atoms with Crippen LogP contribution in [0.15, 0.2) is 24.3 Å². The normalized spacial score (nSPS) is 10.1. The molecule has 0 aliphatic carbocycles. The van der Waals surface area contributed by atoms with Gasteiger partial charge in [-0.25, -0.2) is 4.79 Å². The van der Waals surface area contributed by atoms with Gasteiger partial charge in [-0.15, -0.1) is 0 Å². The van der Waals surface area contributed by atoms with Crippen molar-refractivity contribution in [2.24, 2.45) is 5.92 Å². The summed E-state index contributed by atoms with van der Waals surface area (Å²) in [5, 5.41) is 5.36. The van der Waals surface area contributed by atoms with Gasteiger partial charge in [0.25, 0.3) is 0 Å². The van der Waals surface area contributed by atoms with Crippen LogP contribution in [0.3, 0.4) is 0 Å². The second kappa shape index (κ2) is 7.41. The Morgan fingerprint density at radius 3 is 2.68 bits per heavy atom. The van der Waals surface area contributed by atoms with E-state index in [0.717, 1.165) is 6.42 Å². The molecule has 1 rings (SSSR count). The quantitative estimate of drug-likeness (QED) is 0.859. The van der Waals surface area contributed by atoms with Gasteiger partial charge in [0.05, 0.1) is 0 Å². The van der Waals surface area contributed by atoms with Crippen molar-refractivity contribution in [1.82, 2.24) is 5.32 Å². The Balaban J connectivity index is 2.61. The van der Waals surface area contributed by atoms with E-state index in [1.807, 2.05) is 20.8 Å². The Morgan fingerprint density at radius 1 is 1.32 bits per heavy atom. The second-order valence-corrected chi connectivity index (χ2v) is 4.49. The van der Waals surface area contributed by atoms with Crippen molar-refractivity contribution in [3.8, 4) is 5.75 Å². The average molecular weight is 264 g/mol. The lowest BCUT2D eigenvalue weighted by Gasteiger charge is -2.10. The number of hydrogen-bond acceptors (Lipinski definition) is 3. The first-order valence-electron chi connectivity index (χ1n) is 6.39. The Kier molecular flexibility index (Phi) is 5.85. The highest BCUT2D eigenvalue weighted by Crippen LogP contribution is 2.18. The molecule has 0 aliphatic rings. The van der Waals surface area contributed by atoms with Crippen molar-refractivity contribution in [1.29, 1.82) is 0 Å². The summed E-state index contributed by atoms with van der Waals surface area (Å²) in [5.41, 5.74) is 0.611. The Bertz CT molecular complexity index is 444. The SMILES string of the molecule is CCCNC(=O)Oc1cccc(NC(=O)C(C)C)c1. The fourth-order valence-electron chi connectivity index (χ4n) is 1.29. The van der Waals surface area contributed by atoms with Gasteiger partial charge >= 0.3 is 6.09 Å². The highest BCUT2D eigenvalue weighted by Gasteiger charge is 2.08. The number of rotatable bonds is 5. The van der Waals surface area contributed by atoms with E-state index in [9.17, 15) is 9.59 Å². The monoisotopic (exact) mass is 264 g/mol. The summed E-state index contributed by atoms with van der Waals surface area (Å²) in [6, 6.07) is 6.75. The molecule has 0 unspecified atom stereocenters. The molecule has 5 nitrogen and oxygen atoms in total. The average Bonchev–Trinajstić information content (AvgIpc) is 2.36. The fourth-order valence-corrected chi connectivity index (χ4v) is 1.29. The first kappa shape index (κ1) is 15.0. The molecule has 0 heterocycles. The zero-order valence-electron chi connectivity index (χ0n) is 11.5. The van der Waals surface area contributed by atoms with Crippen LogP contribution in [0.5, 0.6) is 5.75 Å². The molecule has 0 spiro atoms. The van der Waals surface area contributed by atoms with E-state index in [-0.39, 0.29) is 11.8 Å². The number of benzene rings is 1. The highest BCUT2D eigenvalue weighted by atomic mass is 16.6. The lowest BCUT2D eigenvalue weighted by atomic mass is 10.2. The molecule has 0 bridgehead atoms. The molecule has 0 atom stereocenters. The summed E-state index contributed by atoms with van der Waals surface area (Å²) in [5.74, 6) is 0.222. The van der Waals surface area contributed by atoms with Crippen LogP contribution in [-0.2, 0) is 4.79 Å². The third kappa shape index (κ3) is 5.42. The van der Waals surface area contributed by atoms with E-state index in [1.165, 1.54) is 0 Å². The molecule has 0 radical (unpaired) electrons. The van der Waals surface area contributed by atoms with Gasteiger partial charge in [0.15, 0.2) is 0 Å². The summed E-state index contributed by atoms with van der Waals surface area (Å²) >= 11 is 0. The third-order valence-electron chi connectivity index (χ3n) is 2.36. The zero-order valence-corrected chi connectivity index (χ0v) is 11.5. The number of carbonyl (C=O) groups is 2. The summed E-state index contributed by atoms with van der Waals surface area (Å²) in [6.45, 7) is 6.16. The maximum atomic E-state index is 11.6. The van der Waals surface area contributed by atoms with E-state index in [1.54, 1.807) is 24.3 Å². The molecule has 0 aromatic heterocycles. The molecule has 104 valence electrons. The Labute approximate surface area is 113 Å². The summed E-state index contributed by atoms with van der Waals surface area (Å²) in [4.78, 5) is 22.9. The molecule has 2 amide bonds. The molecule has 0 fully saturated rings. The van der Waals surface area contributed by atoms with E-state index in [0.29, 0.717) is 18.0 Å². The van der Waals surface area contributed by atoms with Crippen LogP contribution in [0.4, 0.5) is 10.5 Å². The van der Waals surface area contributed by atoms with Gasteiger partial charge in [-0.2, -0.15) is 0 Å². The third-order valence-corrected chi connectivity index (χ3v) is 2.36. The van der Waals surface area contributed by atoms with Crippen LogP contribution < -0.4 is 15.4 Å². The second-order valence-electron chi connectivity index (χ2n) is 4.49. The lowest BCUT2D eigenvalue weighted by Crippen LogP contribution is -2.27. The van der Waals surface area contributed by atoms with Gasteiger partial charge in [0.1, 0.15) is 5.75 Å². The van der Waals surface area contributed by atoms with Gasteiger partial charge in [0.2, 0.25) is 5.91 Å². The van der Waals surface area contributed by atoms with Crippen LogP contribution in [0.2, 0.25) is 0 Å². The van der Waals surface area contributed by atoms with Crippen LogP contribution >= 0.6 is 0 Å². The molecular weight excluding hydrogens is 244 g/mol. The Morgan fingerprint density at radius 2 is 2.05 bits per heavy atom. The number of nitrogens with one attached hydrogen (secondary N) is 2. The zero-order chi connectivity index (χ0) is 14.3. The molecule has 2 N–H and O–H groups in total. The van der Waals surface area contributed by atoms with Crippen LogP contribution in [0, 0.1) is 5.92 Å². The number of anilines is 1. The molecule has 0 saturated carbocycles. The van der Waals surface area contributed by atoms with Gasteiger partial charge in [-0.1, -0.05) is 26.8 Å². The molecular formula is C14H20N2O3. The molecule has 1 aromatic rings. The fraction of sp³-hybridized carbons (Fsp3) is 0.429. The summed E-state index contributed by atoms with van der Waals surface area (Å²) < 4.78 is 5.10. The van der Waals surface area contributed by atoms with Crippen molar-refractivity contribution in [3.63, 3.8) is 0 Å². The predicted molar refractivity (Wildman–Crippen MR) is 74.2 cm³/mol. The largest absolute Gasteiger partial charge is 0.412 e. The minimum Gasteiger partial charge on any atom is -0.410 e. The maximum absolute atomic E-state index is 11.6. The summed E-state index contributed by atoms with van der Waals surface area (Å²) in [6.07, 6.45) is 0.355. The maximum Gasteiger partial charge on any atom is 0.412 e. The van der Waals surface area contributed by atoms with Crippen molar-refractivity contribution in [2.75, 3.05) is 11.9 Å². The highest BCUT2D eigenvalue weighted by molar-refractivity contribution is 5.92. The van der Waals surface area contributed by atoms with E-state index < -0.39 is 6.09 Å². The first-order valence-corrected chi connectivity index (χ1v) is 6.39. The summed E-state index contributed by atoms with van der Waals surface area (Å²) in [7, 11) is 0. The predicted octanol–water partition coefficient (Wildman–Crippen LogP) is 2.78. The van der Waals surface area contributed by atoms with Gasteiger partial charge < -0.3 is 15.4 Å². The van der Waals surface area contributed by atoms with Gasteiger partial charge in [0, 0.05) is 24.2 Å². The van der Waals surface area contributed by atoms with Crippen LogP contribution in [0.1, 0.15) is 27.2 Å². The van der Waals surface area contributed by atoms with Gasteiger partial charge in [-0.3, -0.25) is 4.79 Å². The molecule has 0 saturated heterocycles. The van der Waals surface area contributed by atoms with Crippen molar-refractivity contribution in [3.05, 3.63) is 24.3 Å². The standard InChI is InChI=1S/C14H20N2O3/c1-4-8-15-14(18)19-12-7-5-6-11(9-12)16-13(17)10(2)3/h5-7,9-10H,4,8H2,1-3H3,(H,15,18)(H,16,17). The number of ether oxygens (including phenoxy) is 1. The molecule has 0 aliphatic heterocycles. The van der Waals surface area contributed by atoms with Crippen LogP contribution in [0.25, 0.3) is 0 Å². The molecule has 5 heteroatoms. The molecule has 1 aromatic carbocycles. The number of carbonyl (C=O) groups excluding carboxylic acids is 2. The first-order chi connectivity index (χ1) is 9.02. The van der Waals surface area contributed by atoms with Crippen LogP contribution in [-0.4, -0.2) is 18.5 Å². The lowest BCUT2D eigenvalue weighted by molar-refractivity contribution is -0.118. The Hall–Kier alpha value is -2.04. The van der Waals surface area contributed by atoms with Crippen molar-refractivity contribution in [2.45, 2.75) is 27.2 Å². The van der Waals surface area contributed by atoms with E-state index in [2.05, 4.69) is 10.6 Å².